The number of ether oxygens (including phenoxy) is 1. The molecule has 2 aromatic rings. The second-order valence-corrected chi connectivity index (χ2v) is 9.21. The zero-order valence-electron chi connectivity index (χ0n) is 18.5. The van der Waals surface area contributed by atoms with Crippen molar-refractivity contribution in [1.29, 1.82) is 0 Å². The maximum absolute atomic E-state index is 11.1. The molecule has 1 N–H and O–H groups in total. The van der Waals surface area contributed by atoms with Crippen molar-refractivity contribution in [2.45, 2.75) is 51.2 Å². The quantitative estimate of drug-likeness (QED) is 0.605. The predicted molar refractivity (Wildman–Crippen MR) is 126 cm³/mol. The van der Waals surface area contributed by atoms with Crippen molar-refractivity contribution in [3.63, 3.8) is 0 Å². The van der Waals surface area contributed by atoms with Gasteiger partial charge in [-0.1, -0.05) is 23.7 Å². The van der Waals surface area contributed by atoms with Gasteiger partial charge in [-0.2, -0.15) is 0 Å². The summed E-state index contributed by atoms with van der Waals surface area (Å²) in [6.45, 7) is 7.81. The molecule has 0 unspecified atom stereocenters. The number of nitrogens with zero attached hydrogens (tertiary/aromatic N) is 2. The molecule has 2 aromatic carbocycles. The fraction of sp³-hybridized carbons (Fsp3) is 0.520. The second kappa shape index (κ2) is 10.5. The molecular formula is C25H35ClN2O2. The molecule has 30 heavy (non-hydrogen) atoms. The first kappa shape index (κ1) is 22.9. The van der Waals surface area contributed by atoms with Gasteiger partial charge in [0.1, 0.15) is 5.75 Å². The maximum Gasteiger partial charge on any atom is 0.119 e. The van der Waals surface area contributed by atoms with Crippen LogP contribution >= 0.6 is 11.6 Å². The Bertz CT molecular complexity index is 786. The fourth-order valence-corrected chi connectivity index (χ4v) is 4.19. The summed E-state index contributed by atoms with van der Waals surface area (Å²) >= 11 is 6.08. The lowest BCUT2D eigenvalue weighted by Crippen LogP contribution is -2.46. The zero-order valence-corrected chi connectivity index (χ0v) is 19.2. The van der Waals surface area contributed by atoms with Crippen LogP contribution in [0.1, 0.15) is 38.7 Å². The van der Waals surface area contributed by atoms with E-state index in [1.165, 1.54) is 5.56 Å². The largest absolute Gasteiger partial charge is 0.491 e. The number of rotatable bonds is 9. The topological polar surface area (TPSA) is 35.9 Å². The van der Waals surface area contributed by atoms with Gasteiger partial charge in [-0.15, -0.1) is 0 Å². The van der Waals surface area contributed by atoms with E-state index in [-0.39, 0.29) is 6.10 Å². The van der Waals surface area contributed by atoms with E-state index in [4.69, 9.17) is 16.3 Å². The normalized spacial score (nSPS) is 16.6. The van der Waals surface area contributed by atoms with Crippen LogP contribution in [-0.2, 0) is 6.42 Å². The van der Waals surface area contributed by atoms with E-state index >= 15 is 0 Å². The zero-order chi connectivity index (χ0) is 21.6. The molecule has 164 valence electrons. The van der Waals surface area contributed by atoms with Crippen molar-refractivity contribution in [2.75, 3.05) is 38.1 Å². The molecule has 1 heterocycles. The van der Waals surface area contributed by atoms with Crippen LogP contribution in [0.25, 0.3) is 0 Å². The van der Waals surface area contributed by atoms with E-state index < -0.39 is 5.60 Å². The standard InChI is InChI=1S/C25H35ClN2O2/c1-20(2)30-24-9-7-23(8-10-24)27(3)16-12-25(29)13-17-28(18-14-25)15-11-21-5-4-6-22(26)19-21/h4-10,19-20,29H,11-18H2,1-3H3. The smallest absolute Gasteiger partial charge is 0.119 e. The molecule has 0 atom stereocenters. The summed E-state index contributed by atoms with van der Waals surface area (Å²) in [6.07, 6.45) is 3.63. The van der Waals surface area contributed by atoms with Gasteiger partial charge in [-0.05, 0) is 81.5 Å². The van der Waals surface area contributed by atoms with E-state index in [1.54, 1.807) is 0 Å². The molecule has 1 saturated heterocycles. The van der Waals surface area contributed by atoms with Crippen molar-refractivity contribution in [3.8, 4) is 5.75 Å². The Morgan fingerprint density at radius 1 is 1.13 bits per heavy atom. The highest BCUT2D eigenvalue weighted by Crippen LogP contribution is 2.27. The van der Waals surface area contributed by atoms with Gasteiger partial charge < -0.3 is 19.6 Å². The number of benzene rings is 2. The molecule has 5 heteroatoms. The molecule has 1 aliphatic rings. The molecule has 3 rings (SSSR count). The molecule has 0 aromatic heterocycles. The summed E-state index contributed by atoms with van der Waals surface area (Å²) in [5, 5.41) is 11.9. The summed E-state index contributed by atoms with van der Waals surface area (Å²) in [6, 6.07) is 16.3. The Labute approximate surface area is 186 Å². The van der Waals surface area contributed by atoms with Crippen LogP contribution in [0.3, 0.4) is 0 Å². The Balaban J connectivity index is 1.41. The monoisotopic (exact) mass is 430 g/mol. The highest BCUT2D eigenvalue weighted by molar-refractivity contribution is 6.30. The number of likely N-dealkylation sites (tertiary alicyclic amines) is 1. The molecule has 1 fully saturated rings. The highest BCUT2D eigenvalue weighted by Gasteiger charge is 2.32. The van der Waals surface area contributed by atoms with E-state index in [9.17, 15) is 5.11 Å². The van der Waals surface area contributed by atoms with Crippen molar-refractivity contribution in [2.24, 2.45) is 0 Å². The van der Waals surface area contributed by atoms with Crippen LogP contribution in [-0.4, -0.2) is 54.9 Å². The Hall–Kier alpha value is -1.75. The van der Waals surface area contributed by atoms with Crippen LogP contribution in [0, 0.1) is 0 Å². The lowest BCUT2D eigenvalue weighted by Gasteiger charge is -2.39. The minimum Gasteiger partial charge on any atom is -0.491 e. The van der Waals surface area contributed by atoms with Crippen LogP contribution in [0.2, 0.25) is 5.02 Å². The number of anilines is 1. The van der Waals surface area contributed by atoms with Gasteiger partial charge in [-0.3, -0.25) is 0 Å². The minimum atomic E-state index is -0.568. The number of hydrogen-bond acceptors (Lipinski definition) is 4. The molecule has 1 aliphatic heterocycles. The summed E-state index contributed by atoms with van der Waals surface area (Å²) in [7, 11) is 2.09. The van der Waals surface area contributed by atoms with Crippen LogP contribution in [0.5, 0.6) is 5.75 Å². The lowest BCUT2D eigenvalue weighted by atomic mass is 9.88. The van der Waals surface area contributed by atoms with Gasteiger partial charge in [-0.25, -0.2) is 0 Å². The first-order valence-corrected chi connectivity index (χ1v) is 11.4. The average Bonchev–Trinajstić information content (AvgIpc) is 2.72. The average molecular weight is 431 g/mol. The van der Waals surface area contributed by atoms with Crippen molar-refractivity contribution >= 4 is 17.3 Å². The summed E-state index contributed by atoms with van der Waals surface area (Å²) in [5.41, 5.74) is 1.85. The Morgan fingerprint density at radius 3 is 2.47 bits per heavy atom. The molecule has 4 nitrogen and oxygen atoms in total. The fourth-order valence-electron chi connectivity index (χ4n) is 3.98. The molecule has 0 saturated carbocycles. The number of aliphatic hydroxyl groups is 1. The third kappa shape index (κ3) is 6.90. The van der Waals surface area contributed by atoms with Crippen molar-refractivity contribution in [3.05, 3.63) is 59.1 Å². The lowest BCUT2D eigenvalue weighted by molar-refractivity contribution is -0.0254. The first-order valence-electron chi connectivity index (χ1n) is 11.0. The minimum absolute atomic E-state index is 0.180. The van der Waals surface area contributed by atoms with E-state index in [2.05, 4.69) is 35.0 Å². The van der Waals surface area contributed by atoms with Gasteiger partial charge in [0.25, 0.3) is 0 Å². The van der Waals surface area contributed by atoms with Gasteiger partial charge >= 0.3 is 0 Å². The number of halogens is 1. The van der Waals surface area contributed by atoms with Gasteiger partial charge in [0.05, 0.1) is 11.7 Å². The predicted octanol–water partition coefficient (Wildman–Crippen LogP) is 5.02. The highest BCUT2D eigenvalue weighted by atomic mass is 35.5. The number of piperidine rings is 1. The van der Waals surface area contributed by atoms with Gasteiger partial charge in [0.2, 0.25) is 0 Å². The molecule has 0 spiro atoms. The second-order valence-electron chi connectivity index (χ2n) is 8.78. The third-order valence-electron chi connectivity index (χ3n) is 5.95. The van der Waals surface area contributed by atoms with Crippen molar-refractivity contribution in [1.82, 2.24) is 4.90 Å². The van der Waals surface area contributed by atoms with Crippen molar-refractivity contribution < 1.29 is 9.84 Å². The first-order chi connectivity index (χ1) is 14.3. The summed E-state index contributed by atoms with van der Waals surface area (Å²) < 4.78 is 5.71. The summed E-state index contributed by atoms with van der Waals surface area (Å²) in [4.78, 5) is 4.66. The van der Waals surface area contributed by atoms with Gasteiger partial charge in [0.15, 0.2) is 0 Å². The van der Waals surface area contributed by atoms with Crippen LogP contribution in [0.4, 0.5) is 5.69 Å². The number of hydrogen-bond donors (Lipinski definition) is 1. The van der Waals surface area contributed by atoms with E-state index in [0.29, 0.717) is 0 Å². The molecule has 0 radical (unpaired) electrons. The SMILES string of the molecule is CC(C)Oc1ccc(N(C)CCC2(O)CCN(CCc3cccc(Cl)c3)CC2)cc1. The van der Waals surface area contributed by atoms with E-state index in [1.807, 2.05) is 44.2 Å². The molecule has 0 bridgehead atoms. The van der Waals surface area contributed by atoms with Gasteiger partial charge in [0, 0.05) is 43.9 Å². The molecular weight excluding hydrogens is 396 g/mol. The third-order valence-corrected chi connectivity index (χ3v) is 6.19. The molecule has 0 aliphatic carbocycles. The molecule has 0 amide bonds. The van der Waals surface area contributed by atoms with Crippen LogP contribution in [0.15, 0.2) is 48.5 Å². The Kier molecular flexibility index (Phi) is 8.04. The van der Waals surface area contributed by atoms with Crippen LogP contribution < -0.4 is 9.64 Å². The maximum atomic E-state index is 11.1. The van der Waals surface area contributed by atoms with E-state index in [0.717, 1.165) is 68.3 Å². The Morgan fingerprint density at radius 2 is 1.83 bits per heavy atom. The summed E-state index contributed by atoms with van der Waals surface area (Å²) in [5.74, 6) is 0.894.